The Morgan fingerprint density at radius 2 is 2.06 bits per heavy atom. The van der Waals surface area contributed by atoms with Gasteiger partial charge in [-0.25, -0.2) is 0 Å². The van der Waals surface area contributed by atoms with Gasteiger partial charge in [-0.1, -0.05) is 25.9 Å². The van der Waals surface area contributed by atoms with Crippen LogP contribution < -0.4 is 11.1 Å². The van der Waals surface area contributed by atoms with Crippen LogP contribution in [0, 0.1) is 5.41 Å². The van der Waals surface area contributed by atoms with Gasteiger partial charge in [0, 0.05) is 18.5 Å². The van der Waals surface area contributed by atoms with E-state index in [4.69, 9.17) is 10.9 Å². The zero-order chi connectivity index (χ0) is 12.6. The summed E-state index contributed by atoms with van der Waals surface area (Å²) in [6.45, 7) is 10.0. The molecule has 16 heavy (non-hydrogen) atoms. The van der Waals surface area contributed by atoms with Crippen LogP contribution in [0.1, 0.15) is 27.2 Å². The second-order valence-electron chi connectivity index (χ2n) is 4.77. The van der Waals surface area contributed by atoms with Gasteiger partial charge in [-0.3, -0.25) is 0 Å². The normalized spacial score (nSPS) is 13.4. The van der Waals surface area contributed by atoms with E-state index in [2.05, 4.69) is 29.3 Å². The number of hydrogen-bond acceptors (Lipinski definition) is 4. The topological polar surface area (TPSA) is 73.9 Å². The molecule has 0 bridgehead atoms. The molecule has 0 fully saturated rings. The van der Waals surface area contributed by atoms with E-state index in [1.165, 1.54) is 0 Å². The molecule has 0 rings (SSSR count). The van der Waals surface area contributed by atoms with Crippen LogP contribution in [0.3, 0.4) is 0 Å². The van der Waals surface area contributed by atoms with Crippen molar-refractivity contribution < 1.29 is 5.21 Å². The van der Waals surface area contributed by atoms with Gasteiger partial charge in [-0.05, 0) is 26.6 Å². The average molecular weight is 230 g/mol. The molecule has 5 heteroatoms. The lowest BCUT2D eigenvalue weighted by atomic mass is 9.88. The number of oxime groups is 1. The molecule has 0 saturated carbocycles. The molecule has 0 atom stereocenters. The van der Waals surface area contributed by atoms with Crippen molar-refractivity contribution in [1.82, 2.24) is 10.2 Å². The van der Waals surface area contributed by atoms with Crippen molar-refractivity contribution in [2.75, 3.05) is 33.2 Å². The van der Waals surface area contributed by atoms with E-state index in [0.29, 0.717) is 5.84 Å². The first-order valence-electron chi connectivity index (χ1n) is 5.81. The van der Waals surface area contributed by atoms with E-state index in [9.17, 15) is 0 Å². The maximum Gasteiger partial charge on any atom is 0.144 e. The predicted octanol–water partition coefficient (Wildman–Crippen LogP) is 0.690. The highest BCUT2D eigenvalue weighted by molar-refractivity contribution is 5.85. The maximum absolute atomic E-state index is 8.61. The summed E-state index contributed by atoms with van der Waals surface area (Å²) in [6, 6.07) is 0. The molecule has 5 nitrogen and oxygen atoms in total. The third-order valence-corrected chi connectivity index (χ3v) is 2.94. The molecule has 0 spiro atoms. The minimum Gasteiger partial charge on any atom is -0.409 e. The summed E-state index contributed by atoms with van der Waals surface area (Å²) >= 11 is 0. The third kappa shape index (κ3) is 5.92. The molecular formula is C11H26N4O. The lowest BCUT2D eigenvalue weighted by molar-refractivity contribution is 0.304. The fraction of sp³-hybridized carbons (Fsp3) is 0.909. The Morgan fingerprint density at radius 3 is 2.56 bits per heavy atom. The quantitative estimate of drug-likeness (QED) is 0.189. The second-order valence-corrected chi connectivity index (χ2v) is 4.77. The first-order chi connectivity index (χ1) is 7.44. The van der Waals surface area contributed by atoms with Gasteiger partial charge in [0.15, 0.2) is 0 Å². The van der Waals surface area contributed by atoms with E-state index in [1.54, 1.807) is 0 Å². The SMILES string of the molecule is CCN(C)CCNCCC(C)(C)C(N)=NO. The van der Waals surface area contributed by atoms with Crippen molar-refractivity contribution in [3.05, 3.63) is 0 Å². The monoisotopic (exact) mass is 230 g/mol. The Kier molecular flexibility index (Phi) is 7.08. The van der Waals surface area contributed by atoms with Crippen molar-refractivity contribution >= 4 is 5.84 Å². The van der Waals surface area contributed by atoms with E-state index in [-0.39, 0.29) is 5.41 Å². The number of amidine groups is 1. The highest BCUT2D eigenvalue weighted by Gasteiger charge is 2.22. The van der Waals surface area contributed by atoms with Crippen LogP contribution in [0.5, 0.6) is 0 Å². The molecule has 0 aliphatic heterocycles. The van der Waals surface area contributed by atoms with Crippen LogP contribution in [-0.2, 0) is 0 Å². The molecule has 0 aromatic heterocycles. The van der Waals surface area contributed by atoms with Crippen molar-refractivity contribution in [2.45, 2.75) is 27.2 Å². The Bertz CT molecular complexity index is 216. The van der Waals surface area contributed by atoms with Gasteiger partial charge in [-0.15, -0.1) is 0 Å². The van der Waals surface area contributed by atoms with Crippen LogP contribution >= 0.6 is 0 Å². The standard InChI is InChI=1S/C11H26N4O/c1-5-15(4)9-8-13-7-6-11(2,3)10(12)14-16/h13,16H,5-9H2,1-4H3,(H2,12,14). The number of likely N-dealkylation sites (N-methyl/N-ethyl adjacent to an activating group) is 1. The van der Waals surface area contributed by atoms with Gasteiger partial charge in [0.05, 0.1) is 0 Å². The fourth-order valence-corrected chi connectivity index (χ4v) is 1.22. The van der Waals surface area contributed by atoms with Crippen molar-refractivity contribution in [2.24, 2.45) is 16.3 Å². The minimum absolute atomic E-state index is 0.252. The molecule has 0 radical (unpaired) electrons. The minimum atomic E-state index is -0.252. The summed E-state index contributed by atoms with van der Waals surface area (Å²) in [5, 5.41) is 15.0. The molecule has 0 aliphatic carbocycles. The van der Waals surface area contributed by atoms with E-state index < -0.39 is 0 Å². The summed E-state index contributed by atoms with van der Waals surface area (Å²) in [5.41, 5.74) is 5.35. The molecule has 4 N–H and O–H groups in total. The highest BCUT2D eigenvalue weighted by atomic mass is 16.4. The first kappa shape index (κ1) is 15.2. The van der Waals surface area contributed by atoms with Crippen LogP contribution in [-0.4, -0.2) is 49.2 Å². The molecule has 0 amide bonds. The van der Waals surface area contributed by atoms with E-state index >= 15 is 0 Å². The Balaban J connectivity index is 3.66. The number of nitrogens with zero attached hydrogens (tertiary/aromatic N) is 2. The lowest BCUT2D eigenvalue weighted by Crippen LogP contribution is -2.36. The lowest BCUT2D eigenvalue weighted by Gasteiger charge is -2.23. The third-order valence-electron chi connectivity index (χ3n) is 2.94. The van der Waals surface area contributed by atoms with Crippen LogP contribution in [0.2, 0.25) is 0 Å². The van der Waals surface area contributed by atoms with Gasteiger partial charge < -0.3 is 21.2 Å². The molecule has 0 heterocycles. The first-order valence-corrected chi connectivity index (χ1v) is 5.81. The van der Waals surface area contributed by atoms with Gasteiger partial charge >= 0.3 is 0 Å². The molecule has 0 saturated heterocycles. The predicted molar refractivity (Wildman–Crippen MR) is 67.8 cm³/mol. The Morgan fingerprint density at radius 1 is 1.44 bits per heavy atom. The maximum atomic E-state index is 8.61. The van der Waals surface area contributed by atoms with Crippen molar-refractivity contribution in [3.8, 4) is 0 Å². The van der Waals surface area contributed by atoms with Gasteiger partial charge in [0.25, 0.3) is 0 Å². The highest BCUT2D eigenvalue weighted by Crippen LogP contribution is 2.19. The second kappa shape index (κ2) is 7.46. The molecule has 0 aromatic rings. The number of rotatable bonds is 8. The van der Waals surface area contributed by atoms with Gasteiger partial charge in [0.2, 0.25) is 0 Å². The summed E-state index contributed by atoms with van der Waals surface area (Å²) in [6.07, 6.45) is 0.860. The smallest absolute Gasteiger partial charge is 0.144 e. The summed E-state index contributed by atoms with van der Waals surface area (Å²) in [5.74, 6) is 0.292. The Labute approximate surface area is 98.7 Å². The molecule has 0 aromatic carbocycles. The summed E-state index contributed by atoms with van der Waals surface area (Å²) in [4.78, 5) is 2.25. The zero-order valence-electron chi connectivity index (χ0n) is 11.0. The molecule has 0 unspecified atom stereocenters. The number of nitrogens with one attached hydrogen (secondary N) is 1. The number of nitrogens with two attached hydrogens (primary N) is 1. The summed E-state index contributed by atoms with van der Waals surface area (Å²) in [7, 11) is 2.10. The number of hydrogen-bond donors (Lipinski definition) is 3. The fourth-order valence-electron chi connectivity index (χ4n) is 1.22. The van der Waals surface area contributed by atoms with E-state index in [0.717, 1.165) is 32.6 Å². The average Bonchev–Trinajstić information content (AvgIpc) is 2.26. The van der Waals surface area contributed by atoms with Crippen molar-refractivity contribution in [3.63, 3.8) is 0 Å². The zero-order valence-corrected chi connectivity index (χ0v) is 11.0. The molecular weight excluding hydrogens is 204 g/mol. The Hall–Kier alpha value is -0.810. The van der Waals surface area contributed by atoms with Gasteiger partial charge in [-0.2, -0.15) is 0 Å². The van der Waals surface area contributed by atoms with E-state index in [1.807, 2.05) is 13.8 Å². The van der Waals surface area contributed by atoms with Crippen LogP contribution in [0.4, 0.5) is 0 Å². The molecule has 96 valence electrons. The molecule has 0 aliphatic rings. The van der Waals surface area contributed by atoms with Crippen molar-refractivity contribution in [1.29, 1.82) is 0 Å². The van der Waals surface area contributed by atoms with Crippen LogP contribution in [0.25, 0.3) is 0 Å². The van der Waals surface area contributed by atoms with Gasteiger partial charge in [0.1, 0.15) is 5.84 Å². The summed E-state index contributed by atoms with van der Waals surface area (Å²) < 4.78 is 0. The largest absolute Gasteiger partial charge is 0.409 e. The van der Waals surface area contributed by atoms with Crippen LogP contribution in [0.15, 0.2) is 5.16 Å².